The Labute approximate surface area is 166 Å². The van der Waals surface area contributed by atoms with E-state index in [2.05, 4.69) is 29.4 Å². The zero-order valence-electron chi connectivity index (χ0n) is 14.6. The number of methoxy groups -OCH3 is 1. The molecule has 1 fully saturated rings. The van der Waals surface area contributed by atoms with Crippen LogP contribution >= 0.6 is 23.3 Å². The highest BCUT2D eigenvalue weighted by atomic mass is 32.2. The number of oxime groups is 1. The summed E-state index contributed by atoms with van der Waals surface area (Å²) < 4.78 is 8.56. The van der Waals surface area contributed by atoms with Gasteiger partial charge in [-0.1, -0.05) is 5.16 Å². The number of carbonyl (C=O) groups is 4. The minimum atomic E-state index is -0.941. The number of hydrogen-bond acceptors (Lipinski definition) is 12. The summed E-state index contributed by atoms with van der Waals surface area (Å²) in [7, 11) is 2.39. The van der Waals surface area contributed by atoms with E-state index in [9.17, 15) is 19.2 Å². The number of β-lactam (4-membered cyclic amide) rings is 1. The van der Waals surface area contributed by atoms with E-state index >= 15 is 0 Å². The van der Waals surface area contributed by atoms with E-state index < -0.39 is 29.2 Å². The standard InChI is InChI=1S/C14H14N6O6S2/c1-25-13(24)8-5(3-21)4-27-12-7(11(23)20(8)12)16-10(22)6(18-26-2)9-17-14(15)28-19-9/h3,7,12H,4H2,1-2H3,(H,16,22)(H2,15,17,19)/b18-6-. The molecule has 1 aromatic heterocycles. The quantitative estimate of drug-likeness (QED) is 0.180. The highest BCUT2D eigenvalue weighted by Crippen LogP contribution is 2.40. The van der Waals surface area contributed by atoms with Gasteiger partial charge in [0.1, 0.15) is 30.5 Å². The molecule has 28 heavy (non-hydrogen) atoms. The number of thioether (sulfide) groups is 1. The summed E-state index contributed by atoms with van der Waals surface area (Å²) in [6.45, 7) is 0. The van der Waals surface area contributed by atoms with Gasteiger partial charge >= 0.3 is 5.97 Å². The molecule has 2 amide bonds. The summed E-state index contributed by atoms with van der Waals surface area (Å²) in [5.41, 5.74) is 5.30. The number of anilines is 1. The maximum Gasteiger partial charge on any atom is 0.355 e. The normalized spacial score (nSPS) is 21.6. The van der Waals surface area contributed by atoms with Gasteiger partial charge in [-0.25, -0.2) is 4.79 Å². The molecular formula is C14H14N6O6S2. The Bertz CT molecular complexity index is 912. The maximum absolute atomic E-state index is 12.6. The molecular weight excluding hydrogens is 412 g/mol. The molecule has 0 spiro atoms. The molecule has 2 aliphatic heterocycles. The molecule has 0 saturated carbocycles. The molecule has 3 heterocycles. The van der Waals surface area contributed by atoms with E-state index in [-0.39, 0.29) is 33.7 Å². The molecule has 1 aromatic rings. The van der Waals surface area contributed by atoms with Crippen molar-refractivity contribution < 1.29 is 28.8 Å². The summed E-state index contributed by atoms with van der Waals surface area (Å²) in [4.78, 5) is 58.0. The highest BCUT2D eigenvalue weighted by molar-refractivity contribution is 8.00. The number of carbonyl (C=O) groups excluding carboxylic acids is 4. The van der Waals surface area contributed by atoms with Gasteiger partial charge in [0.05, 0.1) is 7.11 Å². The number of ether oxygens (including phenoxy) is 1. The molecule has 0 aliphatic carbocycles. The van der Waals surface area contributed by atoms with Crippen LogP contribution in [0.25, 0.3) is 0 Å². The third-order valence-corrected chi connectivity index (χ3v) is 5.70. The molecule has 3 rings (SSSR count). The number of nitrogens with zero attached hydrogens (tertiary/aromatic N) is 4. The molecule has 12 nitrogen and oxygen atoms in total. The molecule has 14 heteroatoms. The smallest absolute Gasteiger partial charge is 0.355 e. The first kappa shape index (κ1) is 19.8. The Kier molecular flexibility index (Phi) is 5.60. The minimum absolute atomic E-state index is 0.0415. The van der Waals surface area contributed by atoms with Crippen molar-refractivity contribution in [3.05, 3.63) is 17.1 Å². The van der Waals surface area contributed by atoms with Crippen molar-refractivity contribution in [2.45, 2.75) is 11.4 Å². The number of nitrogens with two attached hydrogens (primary N) is 1. The second kappa shape index (κ2) is 7.93. The van der Waals surface area contributed by atoms with Crippen LogP contribution in [0.1, 0.15) is 5.82 Å². The Morgan fingerprint density at radius 3 is 2.75 bits per heavy atom. The van der Waals surface area contributed by atoms with Gasteiger partial charge in [0, 0.05) is 22.9 Å². The third-order valence-electron chi connectivity index (χ3n) is 3.86. The van der Waals surface area contributed by atoms with Gasteiger partial charge in [0.15, 0.2) is 5.13 Å². The number of amides is 2. The van der Waals surface area contributed by atoms with Crippen molar-refractivity contribution in [1.82, 2.24) is 19.6 Å². The van der Waals surface area contributed by atoms with Crippen molar-refractivity contribution in [2.24, 2.45) is 5.16 Å². The highest BCUT2D eigenvalue weighted by Gasteiger charge is 2.54. The van der Waals surface area contributed by atoms with Gasteiger partial charge < -0.3 is 20.6 Å². The van der Waals surface area contributed by atoms with E-state index in [1.54, 1.807) is 0 Å². The maximum atomic E-state index is 12.6. The fraction of sp³-hybridized carbons (Fsp3) is 0.357. The van der Waals surface area contributed by atoms with E-state index in [1.807, 2.05) is 0 Å². The summed E-state index contributed by atoms with van der Waals surface area (Å²) in [5.74, 6) is -1.96. The molecule has 148 valence electrons. The fourth-order valence-electron chi connectivity index (χ4n) is 2.64. The predicted molar refractivity (Wildman–Crippen MR) is 98.0 cm³/mol. The van der Waals surface area contributed by atoms with Crippen LogP contribution in [-0.4, -0.2) is 75.4 Å². The molecule has 0 bridgehead atoms. The Morgan fingerprint density at radius 2 is 2.18 bits per heavy atom. The molecule has 2 unspecified atom stereocenters. The number of aldehydes is 1. The van der Waals surface area contributed by atoms with Crippen molar-refractivity contribution in [1.29, 1.82) is 0 Å². The molecule has 0 radical (unpaired) electrons. The molecule has 2 aliphatic rings. The monoisotopic (exact) mass is 426 g/mol. The lowest BCUT2D eigenvalue weighted by Gasteiger charge is -2.49. The first-order valence-corrected chi connectivity index (χ1v) is 9.48. The van der Waals surface area contributed by atoms with E-state index in [4.69, 9.17) is 5.73 Å². The van der Waals surface area contributed by atoms with Crippen LogP contribution in [-0.2, 0) is 28.8 Å². The number of rotatable bonds is 6. The van der Waals surface area contributed by atoms with Crippen molar-refractivity contribution in [3.8, 4) is 0 Å². The minimum Gasteiger partial charge on any atom is -0.464 e. The first-order valence-electron chi connectivity index (χ1n) is 7.65. The van der Waals surface area contributed by atoms with Gasteiger partial charge in [0.25, 0.3) is 11.8 Å². The zero-order valence-corrected chi connectivity index (χ0v) is 16.2. The number of nitrogens with one attached hydrogen (secondary N) is 1. The number of hydrogen-bond donors (Lipinski definition) is 2. The van der Waals surface area contributed by atoms with Crippen molar-refractivity contribution in [2.75, 3.05) is 25.7 Å². The van der Waals surface area contributed by atoms with Crippen LogP contribution in [0, 0.1) is 0 Å². The Balaban J connectivity index is 1.80. The average Bonchev–Trinajstić information content (AvgIpc) is 3.13. The van der Waals surface area contributed by atoms with Gasteiger partial charge in [-0.05, 0) is 0 Å². The SMILES string of the molecule is CO/N=C(\C(=O)NC1C(=O)N2C(C(=O)OC)=C(C=O)CSC12)c1nsc(N)n1. The van der Waals surface area contributed by atoms with Crippen LogP contribution in [0.15, 0.2) is 16.4 Å². The summed E-state index contributed by atoms with van der Waals surface area (Å²) in [6, 6.07) is -0.941. The van der Waals surface area contributed by atoms with E-state index in [0.29, 0.717) is 6.29 Å². The first-order chi connectivity index (χ1) is 13.4. The summed E-state index contributed by atoms with van der Waals surface area (Å²) >= 11 is 2.10. The Morgan fingerprint density at radius 1 is 1.43 bits per heavy atom. The van der Waals surface area contributed by atoms with E-state index in [0.717, 1.165) is 23.5 Å². The molecule has 3 N–H and O–H groups in total. The molecule has 0 aromatic carbocycles. The predicted octanol–water partition coefficient (Wildman–Crippen LogP) is -1.50. The lowest BCUT2D eigenvalue weighted by atomic mass is 10.0. The fourth-order valence-corrected chi connectivity index (χ4v) is 4.36. The number of esters is 1. The van der Waals surface area contributed by atoms with E-state index in [1.165, 1.54) is 18.9 Å². The van der Waals surface area contributed by atoms with Gasteiger partial charge in [-0.15, -0.1) is 11.8 Å². The molecule has 2 atom stereocenters. The van der Waals surface area contributed by atoms with Crippen LogP contribution in [0.4, 0.5) is 5.13 Å². The largest absolute Gasteiger partial charge is 0.464 e. The lowest BCUT2D eigenvalue weighted by molar-refractivity contribution is -0.151. The summed E-state index contributed by atoms with van der Waals surface area (Å²) in [6.07, 6.45) is 0.510. The lowest BCUT2D eigenvalue weighted by Crippen LogP contribution is -2.71. The van der Waals surface area contributed by atoms with Crippen LogP contribution in [0.3, 0.4) is 0 Å². The summed E-state index contributed by atoms with van der Waals surface area (Å²) in [5, 5.41) is 5.68. The van der Waals surface area contributed by atoms with Crippen LogP contribution in [0.2, 0.25) is 0 Å². The van der Waals surface area contributed by atoms with Gasteiger partial charge in [-0.3, -0.25) is 19.3 Å². The zero-order chi connectivity index (χ0) is 20.4. The van der Waals surface area contributed by atoms with Gasteiger partial charge in [0.2, 0.25) is 11.5 Å². The second-order valence-electron chi connectivity index (χ2n) is 5.42. The van der Waals surface area contributed by atoms with Gasteiger partial charge in [-0.2, -0.15) is 9.36 Å². The number of aromatic nitrogens is 2. The Hall–Kier alpha value is -3.00. The third kappa shape index (κ3) is 3.31. The second-order valence-corrected chi connectivity index (χ2v) is 7.31. The van der Waals surface area contributed by atoms with Crippen molar-refractivity contribution >= 4 is 58.2 Å². The number of fused-ring (bicyclic) bond motifs is 1. The van der Waals surface area contributed by atoms with Crippen molar-refractivity contribution in [3.63, 3.8) is 0 Å². The molecule has 1 saturated heterocycles. The van der Waals surface area contributed by atoms with Crippen LogP contribution < -0.4 is 11.1 Å². The number of nitrogen functional groups attached to an aromatic ring is 1. The van der Waals surface area contributed by atoms with Crippen LogP contribution in [0.5, 0.6) is 0 Å². The topological polar surface area (TPSA) is 166 Å². The average molecular weight is 426 g/mol.